The van der Waals surface area contributed by atoms with E-state index in [4.69, 9.17) is 0 Å². The summed E-state index contributed by atoms with van der Waals surface area (Å²) in [6.45, 7) is 5.28. The second kappa shape index (κ2) is 8.22. The minimum Gasteiger partial charge on any atom is -0.360 e. The number of hydrogen-bond acceptors (Lipinski definition) is 5. The highest BCUT2D eigenvalue weighted by Gasteiger charge is 2.12. The van der Waals surface area contributed by atoms with E-state index in [1.54, 1.807) is 25.4 Å². The summed E-state index contributed by atoms with van der Waals surface area (Å²) in [4.78, 5) is 27.1. The predicted octanol–water partition coefficient (Wildman–Crippen LogP) is 2.35. The normalized spacial score (nSPS) is 10.4. The second-order valence-electron chi connectivity index (χ2n) is 5.48. The Labute approximate surface area is 137 Å². The van der Waals surface area contributed by atoms with E-state index in [1.807, 2.05) is 19.2 Å². The molecule has 0 aromatic carbocycles. The molecule has 1 amide bonds. The van der Waals surface area contributed by atoms with Crippen molar-refractivity contribution in [2.75, 3.05) is 18.5 Å². The van der Waals surface area contributed by atoms with Crippen molar-refractivity contribution in [3.05, 3.63) is 47.7 Å². The van der Waals surface area contributed by atoms with E-state index in [9.17, 15) is 4.79 Å². The van der Waals surface area contributed by atoms with Crippen LogP contribution in [-0.4, -0.2) is 34.5 Å². The van der Waals surface area contributed by atoms with Crippen LogP contribution in [0, 0.1) is 6.92 Å². The molecule has 0 aliphatic rings. The zero-order valence-electron chi connectivity index (χ0n) is 13.9. The molecule has 0 spiro atoms. The van der Waals surface area contributed by atoms with Crippen LogP contribution < -0.4 is 10.2 Å². The summed E-state index contributed by atoms with van der Waals surface area (Å²) in [6.07, 6.45) is 5.64. The lowest BCUT2D eigenvalue weighted by Crippen LogP contribution is -2.26. The van der Waals surface area contributed by atoms with Crippen molar-refractivity contribution >= 4 is 11.7 Å². The van der Waals surface area contributed by atoms with Gasteiger partial charge in [0.2, 0.25) is 0 Å². The topological polar surface area (TPSA) is 71.0 Å². The molecule has 6 heteroatoms. The van der Waals surface area contributed by atoms with E-state index in [1.165, 1.54) is 0 Å². The minimum atomic E-state index is -0.204. The number of rotatable bonds is 7. The van der Waals surface area contributed by atoms with E-state index in [0.29, 0.717) is 18.1 Å². The maximum atomic E-state index is 12.3. The fourth-order valence-corrected chi connectivity index (χ4v) is 2.15. The van der Waals surface area contributed by atoms with Gasteiger partial charge in [0.15, 0.2) is 0 Å². The van der Waals surface area contributed by atoms with Crippen LogP contribution in [0.25, 0.3) is 0 Å². The molecule has 0 radical (unpaired) electrons. The zero-order valence-corrected chi connectivity index (χ0v) is 13.9. The molecule has 2 heterocycles. The van der Waals surface area contributed by atoms with Crippen molar-refractivity contribution in [1.29, 1.82) is 0 Å². The van der Waals surface area contributed by atoms with Crippen LogP contribution in [0.2, 0.25) is 0 Å². The molecule has 2 aromatic rings. The Balaban J connectivity index is 2.06. The summed E-state index contributed by atoms with van der Waals surface area (Å²) in [5, 5.41) is 2.86. The highest BCUT2D eigenvalue weighted by atomic mass is 16.1. The maximum absolute atomic E-state index is 12.3. The second-order valence-corrected chi connectivity index (χ2v) is 5.48. The molecule has 0 bridgehead atoms. The third-order valence-electron chi connectivity index (χ3n) is 3.47. The van der Waals surface area contributed by atoms with Crippen LogP contribution in [0.3, 0.4) is 0 Å². The lowest BCUT2D eigenvalue weighted by atomic mass is 10.2. The SMILES string of the molecule is CCCCN(C)c1cc(C(=O)NCc2cccnc2)nc(C)n1. The first-order valence-corrected chi connectivity index (χ1v) is 7.84. The van der Waals surface area contributed by atoms with Crippen LogP contribution in [0.1, 0.15) is 41.6 Å². The third-order valence-corrected chi connectivity index (χ3v) is 3.47. The summed E-state index contributed by atoms with van der Waals surface area (Å²) < 4.78 is 0. The van der Waals surface area contributed by atoms with Crippen molar-refractivity contribution in [1.82, 2.24) is 20.3 Å². The molecule has 0 fully saturated rings. The molecule has 122 valence electrons. The molecule has 6 nitrogen and oxygen atoms in total. The Bertz CT molecular complexity index is 645. The Kier molecular flexibility index (Phi) is 6.02. The summed E-state index contributed by atoms with van der Waals surface area (Å²) in [5.41, 5.74) is 1.34. The number of anilines is 1. The Morgan fingerprint density at radius 3 is 2.87 bits per heavy atom. The van der Waals surface area contributed by atoms with Gasteiger partial charge in [-0.1, -0.05) is 19.4 Å². The third kappa shape index (κ3) is 5.02. The summed E-state index contributed by atoms with van der Waals surface area (Å²) in [5.74, 6) is 1.17. The van der Waals surface area contributed by atoms with Gasteiger partial charge < -0.3 is 10.2 Å². The fourth-order valence-electron chi connectivity index (χ4n) is 2.15. The average Bonchev–Trinajstić information content (AvgIpc) is 2.57. The fraction of sp³-hybridized carbons (Fsp3) is 0.412. The van der Waals surface area contributed by atoms with Gasteiger partial charge in [-0.3, -0.25) is 9.78 Å². The molecule has 0 saturated carbocycles. The van der Waals surface area contributed by atoms with E-state index in [0.717, 1.165) is 30.8 Å². The van der Waals surface area contributed by atoms with Crippen LogP contribution >= 0.6 is 0 Å². The Hall–Kier alpha value is -2.50. The largest absolute Gasteiger partial charge is 0.360 e. The van der Waals surface area contributed by atoms with Crippen molar-refractivity contribution in [2.24, 2.45) is 0 Å². The van der Waals surface area contributed by atoms with Crippen LogP contribution in [0.5, 0.6) is 0 Å². The highest BCUT2D eigenvalue weighted by molar-refractivity contribution is 5.92. The van der Waals surface area contributed by atoms with Crippen LogP contribution in [0.15, 0.2) is 30.6 Å². The number of carbonyl (C=O) groups excluding carboxylic acids is 1. The van der Waals surface area contributed by atoms with Crippen LogP contribution in [-0.2, 0) is 6.54 Å². The average molecular weight is 313 g/mol. The number of amides is 1. The van der Waals surface area contributed by atoms with Gasteiger partial charge in [0, 0.05) is 38.6 Å². The number of pyridine rings is 1. The molecule has 1 N–H and O–H groups in total. The first-order chi connectivity index (χ1) is 11.1. The van der Waals surface area contributed by atoms with Gasteiger partial charge in [-0.05, 0) is 25.0 Å². The number of carbonyl (C=O) groups is 1. The van der Waals surface area contributed by atoms with E-state index in [-0.39, 0.29) is 5.91 Å². The van der Waals surface area contributed by atoms with E-state index < -0.39 is 0 Å². The highest BCUT2D eigenvalue weighted by Crippen LogP contribution is 2.12. The van der Waals surface area contributed by atoms with Crippen molar-refractivity contribution in [2.45, 2.75) is 33.2 Å². The lowest BCUT2D eigenvalue weighted by molar-refractivity contribution is 0.0945. The first-order valence-electron chi connectivity index (χ1n) is 7.84. The lowest BCUT2D eigenvalue weighted by Gasteiger charge is -2.18. The number of aryl methyl sites for hydroxylation is 1. The molecular formula is C17H23N5O. The maximum Gasteiger partial charge on any atom is 0.270 e. The number of unbranched alkanes of at least 4 members (excludes halogenated alkanes) is 1. The summed E-state index contributed by atoms with van der Waals surface area (Å²) in [7, 11) is 1.98. The minimum absolute atomic E-state index is 0.204. The Morgan fingerprint density at radius 1 is 1.35 bits per heavy atom. The van der Waals surface area contributed by atoms with Gasteiger partial charge in [-0.25, -0.2) is 9.97 Å². The van der Waals surface area contributed by atoms with Gasteiger partial charge in [0.1, 0.15) is 17.3 Å². The number of aromatic nitrogens is 3. The predicted molar refractivity (Wildman–Crippen MR) is 90.4 cm³/mol. The smallest absolute Gasteiger partial charge is 0.270 e. The molecule has 0 atom stereocenters. The first kappa shape index (κ1) is 16.9. The molecule has 0 saturated heterocycles. The summed E-state index contributed by atoms with van der Waals surface area (Å²) in [6, 6.07) is 5.50. The number of nitrogens with zero attached hydrogens (tertiary/aromatic N) is 4. The Morgan fingerprint density at radius 2 is 2.17 bits per heavy atom. The molecular weight excluding hydrogens is 290 g/mol. The monoisotopic (exact) mass is 313 g/mol. The van der Waals surface area contributed by atoms with Crippen LogP contribution in [0.4, 0.5) is 5.82 Å². The van der Waals surface area contributed by atoms with Gasteiger partial charge in [0.05, 0.1) is 0 Å². The quantitative estimate of drug-likeness (QED) is 0.849. The summed E-state index contributed by atoms with van der Waals surface area (Å²) >= 11 is 0. The number of hydrogen-bond donors (Lipinski definition) is 1. The molecule has 2 aromatic heterocycles. The molecule has 0 unspecified atom stereocenters. The molecule has 23 heavy (non-hydrogen) atoms. The van der Waals surface area contributed by atoms with Crippen molar-refractivity contribution in [3.63, 3.8) is 0 Å². The van der Waals surface area contributed by atoms with Gasteiger partial charge >= 0.3 is 0 Å². The van der Waals surface area contributed by atoms with E-state index >= 15 is 0 Å². The molecule has 2 rings (SSSR count). The van der Waals surface area contributed by atoms with Crippen molar-refractivity contribution < 1.29 is 4.79 Å². The van der Waals surface area contributed by atoms with Gasteiger partial charge in [0.25, 0.3) is 5.91 Å². The molecule has 0 aliphatic carbocycles. The van der Waals surface area contributed by atoms with Gasteiger partial charge in [-0.2, -0.15) is 0 Å². The number of nitrogens with one attached hydrogen (secondary N) is 1. The standard InChI is InChI=1S/C17H23N5O/c1-4-5-9-22(3)16-10-15(20-13(2)21-16)17(23)19-12-14-7-6-8-18-11-14/h6-8,10-11H,4-5,9,12H2,1-3H3,(H,19,23). The van der Waals surface area contributed by atoms with E-state index in [2.05, 4.69) is 32.1 Å². The van der Waals surface area contributed by atoms with Crippen molar-refractivity contribution in [3.8, 4) is 0 Å². The van der Waals surface area contributed by atoms with Gasteiger partial charge in [-0.15, -0.1) is 0 Å². The zero-order chi connectivity index (χ0) is 16.7. The molecule has 0 aliphatic heterocycles.